The zero-order valence-electron chi connectivity index (χ0n) is 11.4. The molecule has 0 aliphatic carbocycles. The van der Waals surface area contributed by atoms with Crippen molar-refractivity contribution in [3.8, 4) is 0 Å². The summed E-state index contributed by atoms with van der Waals surface area (Å²) in [4.78, 5) is 11.3. The Hall–Kier alpha value is -1.31. The van der Waals surface area contributed by atoms with Gasteiger partial charge < -0.3 is 4.74 Å². The minimum Gasteiger partial charge on any atom is -0.461 e. The maximum Gasteiger partial charge on any atom is 0.308 e. The van der Waals surface area contributed by atoms with Crippen LogP contribution in [0.15, 0.2) is 24.3 Å². The average molecular weight is 234 g/mol. The minimum atomic E-state index is -0.148. The largest absolute Gasteiger partial charge is 0.461 e. The van der Waals surface area contributed by atoms with Crippen molar-refractivity contribution < 1.29 is 9.53 Å². The number of hydrogen-bond donors (Lipinski definition) is 0. The van der Waals surface area contributed by atoms with E-state index in [9.17, 15) is 4.79 Å². The zero-order chi connectivity index (χ0) is 13.1. The van der Waals surface area contributed by atoms with Crippen LogP contribution in [-0.4, -0.2) is 5.97 Å². The van der Waals surface area contributed by atoms with Crippen molar-refractivity contribution in [1.29, 1.82) is 0 Å². The maximum absolute atomic E-state index is 11.3. The van der Waals surface area contributed by atoms with E-state index in [4.69, 9.17) is 4.74 Å². The summed E-state index contributed by atoms with van der Waals surface area (Å²) in [5, 5.41) is 0. The standard InChI is InChI=1S/C15H22O2/c1-11(2)14(16)17-10-12-6-8-13(9-7-12)15(3,4)5/h6-9,11H,10H2,1-5H3. The Balaban J connectivity index is 2.61. The maximum atomic E-state index is 11.3. The highest BCUT2D eigenvalue weighted by molar-refractivity contribution is 5.71. The second kappa shape index (κ2) is 5.35. The van der Waals surface area contributed by atoms with E-state index in [1.54, 1.807) is 0 Å². The number of hydrogen-bond acceptors (Lipinski definition) is 2. The first kappa shape index (κ1) is 13.8. The molecule has 0 aliphatic rings. The van der Waals surface area contributed by atoms with Gasteiger partial charge in [0.05, 0.1) is 5.92 Å². The van der Waals surface area contributed by atoms with Crippen LogP contribution < -0.4 is 0 Å². The second-order valence-corrected chi connectivity index (χ2v) is 5.71. The monoisotopic (exact) mass is 234 g/mol. The van der Waals surface area contributed by atoms with Gasteiger partial charge in [-0.15, -0.1) is 0 Å². The Kier molecular flexibility index (Phi) is 4.33. The van der Waals surface area contributed by atoms with E-state index >= 15 is 0 Å². The van der Waals surface area contributed by atoms with E-state index in [0.29, 0.717) is 6.61 Å². The van der Waals surface area contributed by atoms with E-state index < -0.39 is 0 Å². The van der Waals surface area contributed by atoms with Crippen molar-refractivity contribution in [3.63, 3.8) is 0 Å². The highest BCUT2D eigenvalue weighted by Crippen LogP contribution is 2.22. The van der Waals surface area contributed by atoms with Gasteiger partial charge in [-0.2, -0.15) is 0 Å². The van der Waals surface area contributed by atoms with E-state index in [0.717, 1.165) is 5.56 Å². The SMILES string of the molecule is CC(C)C(=O)OCc1ccc(C(C)(C)C)cc1. The normalized spacial score (nSPS) is 11.6. The van der Waals surface area contributed by atoms with E-state index in [1.807, 2.05) is 26.0 Å². The fourth-order valence-electron chi connectivity index (χ4n) is 1.42. The molecule has 0 spiro atoms. The van der Waals surface area contributed by atoms with Crippen LogP contribution in [0.5, 0.6) is 0 Å². The molecule has 0 saturated heterocycles. The number of benzene rings is 1. The summed E-state index contributed by atoms with van der Waals surface area (Å²) in [6.07, 6.45) is 0. The highest BCUT2D eigenvalue weighted by Gasteiger charge is 2.13. The number of ether oxygens (including phenoxy) is 1. The molecule has 2 heteroatoms. The molecular formula is C15H22O2. The van der Waals surface area contributed by atoms with Crippen LogP contribution >= 0.6 is 0 Å². The Morgan fingerprint density at radius 2 is 1.71 bits per heavy atom. The van der Waals surface area contributed by atoms with Crippen molar-refractivity contribution in [2.45, 2.75) is 46.6 Å². The number of carbonyl (C=O) groups excluding carboxylic acids is 1. The van der Waals surface area contributed by atoms with Gasteiger partial charge in [-0.05, 0) is 16.5 Å². The molecule has 1 rings (SSSR count). The van der Waals surface area contributed by atoms with Crippen LogP contribution in [0.3, 0.4) is 0 Å². The van der Waals surface area contributed by atoms with Gasteiger partial charge in [-0.25, -0.2) is 0 Å². The molecule has 0 aliphatic heterocycles. The molecular weight excluding hydrogens is 212 g/mol. The molecule has 17 heavy (non-hydrogen) atoms. The summed E-state index contributed by atoms with van der Waals surface area (Å²) in [5.41, 5.74) is 2.48. The van der Waals surface area contributed by atoms with Crippen LogP contribution in [0, 0.1) is 5.92 Å². The molecule has 0 saturated carbocycles. The second-order valence-electron chi connectivity index (χ2n) is 5.71. The molecule has 0 radical (unpaired) electrons. The van der Waals surface area contributed by atoms with Crippen molar-refractivity contribution in [2.75, 3.05) is 0 Å². The summed E-state index contributed by atoms with van der Waals surface area (Å²) in [6.45, 7) is 10.6. The Morgan fingerprint density at radius 1 is 1.18 bits per heavy atom. The molecule has 0 aromatic heterocycles. The van der Waals surface area contributed by atoms with Crippen LogP contribution in [0.2, 0.25) is 0 Å². The van der Waals surface area contributed by atoms with Crippen LogP contribution in [0.25, 0.3) is 0 Å². The summed E-state index contributed by atoms with van der Waals surface area (Å²) < 4.78 is 5.18. The molecule has 94 valence electrons. The first-order valence-electron chi connectivity index (χ1n) is 6.07. The molecule has 0 unspecified atom stereocenters. The van der Waals surface area contributed by atoms with Crippen molar-refractivity contribution in [1.82, 2.24) is 0 Å². The lowest BCUT2D eigenvalue weighted by Crippen LogP contribution is -2.12. The Bertz CT molecular complexity index is 369. The molecule has 1 aromatic carbocycles. The van der Waals surface area contributed by atoms with E-state index in [1.165, 1.54) is 5.56 Å². The summed E-state index contributed by atoms with van der Waals surface area (Å²) >= 11 is 0. The number of esters is 1. The zero-order valence-corrected chi connectivity index (χ0v) is 11.4. The van der Waals surface area contributed by atoms with Gasteiger partial charge >= 0.3 is 5.97 Å². The predicted octanol–water partition coefficient (Wildman–Crippen LogP) is 3.68. The van der Waals surface area contributed by atoms with Crippen LogP contribution in [0.1, 0.15) is 45.7 Å². The third kappa shape index (κ3) is 4.22. The molecule has 2 nitrogen and oxygen atoms in total. The predicted molar refractivity (Wildman–Crippen MR) is 69.8 cm³/mol. The van der Waals surface area contributed by atoms with Crippen molar-refractivity contribution in [3.05, 3.63) is 35.4 Å². The summed E-state index contributed by atoms with van der Waals surface area (Å²) in [6, 6.07) is 8.24. The Morgan fingerprint density at radius 3 is 2.12 bits per heavy atom. The third-order valence-electron chi connectivity index (χ3n) is 2.67. The van der Waals surface area contributed by atoms with Gasteiger partial charge in [0.25, 0.3) is 0 Å². The molecule has 0 amide bonds. The average Bonchev–Trinajstić information content (AvgIpc) is 2.25. The summed E-state index contributed by atoms with van der Waals surface area (Å²) in [5.74, 6) is -0.214. The molecule has 1 aromatic rings. The molecule has 0 bridgehead atoms. The fourth-order valence-corrected chi connectivity index (χ4v) is 1.42. The first-order valence-corrected chi connectivity index (χ1v) is 6.07. The van der Waals surface area contributed by atoms with Crippen molar-refractivity contribution in [2.24, 2.45) is 5.92 Å². The highest BCUT2D eigenvalue weighted by atomic mass is 16.5. The van der Waals surface area contributed by atoms with Crippen LogP contribution in [0.4, 0.5) is 0 Å². The topological polar surface area (TPSA) is 26.3 Å². The van der Waals surface area contributed by atoms with Gasteiger partial charge in [0.1, 0.15) is 6.61 Å². The lowest BCUT2D eigenvalue weighted by molar-refractivity contribution is -0.148. The summed E-state index contributed by atoms with van der Waals surface area (Å²) in [7, 11) is 0. The number of rotatable bonds is 3. The Labute approximate surface area is 104 Å². The molecule has 0 fully saturated rings. The molecule has 0 N–H and O–H groups in total. The van der Waals surface area contributed by atoms with E-state index in [2.05, 4.69) is 32.9 Å². The lowest BCUT2D eigenvalue weighted by Gasteiger charge is -2.19. The van der Waals surface area contributed by atoms with Crippen molar-refractivity contribution >= 4 is 5.97 Å². The van der Waals surface area contributed by atoms with Gasteiger partial charge in [-0.1, -0.05) is 58.9 Å². The lowest BCUT2D eigenvalue weighted by atomic mass is 9.87. The quantitative estimate of drug-likeness (QED) is 0.746. The minimum absolute atomic E-state index is 0.0659. The van der Waals surface area contributed by atoms with Gasteiger partial charge in [0, 0.05) is 0 Å². The van der Waals surface area contributed by atoms with Crippen LogP contribution in [-0.2, 0) is 21.6 Å². The van der Waals surface area contributed by atoms with Gasteiger partial charge in [-0.3, -0.25) is 4.79 Å². The van der Waals surface area contributed by atoms with Gasteiger partial charge in [0.15, 0.2) is 0 Å². The smallest absolute Gasteiger partial charge is 0.308 e. The number of carbonyl (C=O) groups is 1. The van der Waals surface area contributed by atoms with E-state index in [-0.39, 0.29) is 17.3 Å². The fraction of sp³-hybridized carbons (Fsp3) is 0.533. The molecule has 0 heterocycles. The third-order valence-corrected chi connectivity index (χ3v) is 2.67. The van der Waals surface area contributed by atoms with Gasteiger partial charge in [0.2, 0.25) is 0 Å². The first-order chi connectivity index (χ1) is 7.80. The molecule has 0 atom stereocenters.